The second-order valence-electron chi connectivity index (χ2n) is 6.86. The largest absolute Gasteiger partial charge is 0.480 e. The van der Waals surface area contributed by atoms with E-state index in [1.54, 1.807) is 0 Å². The van der Waals surface area contributed by atoms with Gasteiger partial charge in [-0.2, -0.15) is 0 Å². The molecule has 0 spiro atoms. The fourth-order valence-electron chi connectivity index (χ4n) is 3.15. The van der Waals surface area contributed by atoms with Crippen LogP contribution in [0.15, 0.2) is 0 Å². The van der Waals surface area contributed by atoms with Crippen molar-refractivity contribution >= 4 is 11.9 Å². The first kappa shape index (κ1) is 17.0. The number of carboxylic acids is 1. The van der Waals surface area contributed by atoms with Crippen LogP contribution in [0.1, 0.15) is 47.5 Å². The van der Waals surface area contributed by atoms with Gasteiger partial charge in [0.2, 0.25) is 5.91 Å². The van der Waals surface area contributed by atoms with Gasteiger partial charge in [0.1, 0.15) is 6.54 Å². The van der Waals surface area contributed by atoms with Gasteiger partial charge in [-0.3, -0.25) is 9.59 Å². The second-order valence-corrected chi connectivity index (χ2v) is 6.86. The van der Waals surface area contributed by atoms with Gasteiger partial charge in [0.05, 0.1) is 0 Å². The van der Waals surface area contributed by atoms with E-state index >= 15 is 0 Å². The molecule has 3 N–H and O–H groups in total. The number of amides is 1. The molecule has 1 amide bonds. The fraction of sp³-hybridized carbons (Fsp3) is 0.867. The molecule has 5 nitrogen and oxygen atoms in total. The number of nitrogens with zero attached hydrogens (tertiary/aromatic N) is 1. The Morgan fingerprint density at radius 1 is 1.35 bits per heavy atom. The van der Waals surface area contributed by atoms with Gasteiger partial charge in [-0.15, -0.1) is 0 Å². The Kier molecular flexibility index (Phi) is 5.19. The number of carbonyl (C=O) groups is 2. The lowest BCUT2D eigenvalue weighted by atomic mass is 9.60. The van der Waals surface area contributed by atoms with Crippen LogP contribution in [0, 0.1) is 17.3 Å². The van der Waals surface area contributed by atoms with Crippen LogP contribution in [0.25, 0.3) is 0 Å². The van der Waals surface area contributed by atoms with Crippen molar-refractivity contribution in [1.29, 1.82) is 0 Å². The third-order valence-corrected chi connectivity index (χ3v) is 5.01. The van der Waals surface area contributed by atoms with Gasteiger partial charge >= 0.3 is 5.97 Å². The van der Waals surface area contributed by atoms with Crippen molar-refractivity contribution in [2.45, 2.75) is 59.5 Å². The molecule has 0 radical (unpaired) electrons. The van der Waals surface area contributed by atoms with E-state index in [4.69, 9.17) is 10.8 Å². The zero-order chi connectivity index (χ0) is 15.7. The molecule has 0 aromatic rings. The van der Waals surface area contributed by atoms with Crippen LogP contribution in [-0.2, 0) is 9.59 Å². The maximum Gasteiger partial charge on any atom is 0.323 e. The molecule has 0 heterocycles. The first-order valence-corrected chi connectivity index (χ1v) is 7.36. The summed E-state index contributed by atoms with van der Waals surface area (Å²) in [4.78, 5) is 25.2. The topological polar surface area (TPSA) is 83.6 Å². The molecule has 5 heteroatoms. The smallest absolute Gasteiger partial charge is 0.323 e. The molecule has 0 saturated heterocycles. The van der Waals surface area contributed by atoms with Crippen LogP contribution in [0.4, 0.5) is 0 Å². The Morgan fingerprint density at radius 3 is 2.35 bits per heavy atom. The Balaban J connectivity index is 2.96. The highest BCUT2D eigenvalue weighted by atomic mass is 16.4. The molecule has 20 heavy (non-hydrogen) atoms. The number of aliphatic carboxylic acids is 1. The quantitative estimate of drug-likeness (QED) is 0.823. The molecule has 1 aliphatic carbocycles. The Bertz CT molecular complexity index is 379. The summed E-state index contributed by atoms with van der Waals surface area (Å²) in [7, 11) is 0. The van der Waals surface area contributed by atoms with E-state index in [2.05, 4.69) is 20.8 Å². The van der Waals surface area contributed by atoms with Gasteiger partial charge in [-0.25, -0.2) is 0 Å². The van der Waals surface area contributed by atoms with Crippen molar-refractivity contribution in [2.24, 2.45) is 23.0 Å². The summed E-state index contributed by atoms with van der Waals surface area (Å²) in [5.41, 5.74) is 5.91. The highest BCUT2D eigenvalue weighted by molar-refractivity contribution is 5.84. The van der Waals surface area contributed by atoms with Crippen LogP contribution in [0.5, 0.6) is 0 Å². The number of rotatable bonds is 4. The van der Waals surface area contributed by atoms with E-state index < -0.39 is 5.97 Å². The molecule has 1 fully saturated rings. The molecule has 0 aromatic heterocycles. The summed E-state index contributed by atoms with van der Waals surface area (Å²) in [6.07, 6.45) is 1.56. The lowest BCUT2D eigenvalue weighted by Gasteiger charge is -2.47. The van der Waals surface area contributed by atoms with Crippen molar-refractivity contribution in [3.63, 3.8) is 0 Å². The van der Waals surface area contributed by atoms with Gasteiger partial charge in [0.25, 0.3) is 0 Å². The monoisotopic (exact) mass is 284 g/mol. The van der Waals surface area contributed by atoms with Crippen LogP contribution in [0.2, 0.25) is 0 Å². The lowest BCUT2D eigenvalue weighted by molar-refractivity contribution is -0.152. The molecule has 0 aromatic carbocycles. The van der Waals surface area contributed by atoms with E-state index in [-0.39, 0.29) is 41.8 Å². The summed E-state index contributed by atoms with van der Waals surface area (Å²) in [5, 5.41) is 8.99. The standard InChI is InChI=1S/C15H28N2O3/c1-9(2)17(8-13(18)19)14(20)11-6-7-12(16)10(3)15(11,4)5/h9-12H,6-8,16H2,1-5H3,(H,18,19). The third kappa shape index (κ3) is 3.32. The molecule has 1 saturated carbocycles. The summed E-state index contributed by atoms with van der Waals surface area (Å²) in [6.45, 7) is 9.69. The third-order valence-electron chi connectivity index (χ3n) is 5.01. The minimum Gasteiger partial charge on any atom is -0.480 e. The number of carbonyl (C=O) groups excluding carboxylic acids is 1. The first-order chi connectivity index (χ1) is 9.09. The van der Waals surface area contributed by atoms with Crippen molar-refractivity contribution in [3.8, 4) is 0 Å². The van der Waals surface area contributed by atoms with Crippen molar-refractivity contribution in [2.75, 3.05) is 6.54 Å². The summed E-state index contributed by atoms with van der Waals surface area (Å²) >= 11 is 0. The highest BCUT2D eigenvalue weighted by Gasteiger charge is 2.46. The Hall–Kier alpha value is -1.10. The molecule has 1 rings (SSSR count). The first-order valence-electron chi connectivity index (χ1n) is 7.36. The lowest BCUT2D eigenvalue weighted by Crippen LogP contribution is -2.54. The molecular formula is C15H28N2O3. The molecule has 0 bridgehead atoms. The molecule has 3 unspecified atom stereocenters. The average molecular weight is 284 g/mol. The number of hydrogen-bond donors (Lipinski definition) is 2. The SMILES string of the molecule is CC(C)N(CC(=O)O)C(=O)C1CCC(N)C(C)C1(C)C. The van der Waals surface area contributed by atoms with Gasteiger partial charge in [-0.05, 0) is 38.0 Å². The molecule has 116 valence electrons. The summed E-state index contributed by atoms with van der Waals surface area (Å²) in [5.74, 6) is -0.931. The molecule has 3 atom stereocenters. The van der Waals surface area contributed by atoms with E-state index in [1.807, 2.05) is 13.8 Å². The van der Waals surface area contributed by atoms with Crippen molar-refractivity contribution < 1.29 is 14.7 Å². The highest BCUT2D eigenvalue weighted by Crippen LogP contribution is 2.45. The molecular weight excluding hydrogens is 256 g/mol. The van der Waals surface area contributed by atoms with Gasteiger partial charge < -0.3 is 15.7 Å². The van der Waals surface area contributed by atoms with E-state index in [0.717, 1.165) is 12.8 Å². The Morgan fingerprint density at radius 2 is 1.90 bits per heavy atom. The maximum atomic E-state index is 12.8. The number of carboxylic acid groups (broad SMARTS) is 1. The van der Waals surface area contributed by atoms with E-state index in [0.29, 0.717) is 0 Å². The minimum atomic E-state index is -0.967. The summed E-state index contributed by atoms with van der Waals surface area (Å²) < 4.78 is 0. The predicted molar refractivity (Wildman–Crippen MR) is 78.1 cm³/mol. The number of nitrogens with two attached hydrogens (primary N) is 1. The van der Waals surface area contributed by atoms with Gasteiger partial charge in [0.15, 0.2) is 0 Å². The zero-order valence-corrected chi connectivity index (χ0v) is 13.2. The predicted octanol–water partition coefficient (Wildman–Crippen LogP) is 1.71. The molecule has 1 aliphatic rings. The van der Waals surface area contributed by atoms with Crippen LogP contribution in [0.3, 0.4) is 0 Å². The second kappa shape index (κ2) is 6.12. The van der Waals surface area contributed by atoms with Crippen LogP contribution < -0.4 is 5.73 Å². The Labute approximate surface area is 121 Å². The minimum absolute atomic E-state index is 0.0499. The number of hydrogen-bond acceptors (Lipinski definition) is 3. The van der Waals surface area contributed by atoms with Gasteiger partial charge in [0, 0.05) is 18.0 Å². The van der Waals surface area contributed by atoms with E-state index in [9.17, 15) is 9.59 Å². The van der Waals surface area contributed by atoms with Crippen molar-refractivity contribution in [1.82, 2.24) is 4.90 Å². The maximum absolute atomic E-state index is 12.8. The summed E-state index contributed by atoms with van der Waals surface area (Å²) in [6, 6.07) is 0.00123. The normalized spacial score (nSPS) is 29.2. The average Bonchev–Trinajstić information content (AvgIpc) is 2.32. The molecule has 0 aliphatic heterocycles. The van der Waals surface area contributed by atoms with Crippen molar-refractivity contribution in [3.05, 3.63) is 0 Å². The van der Waals surface area contributed by atoms with E-state index in [1.165, 1.54) is 4.90 Å². The van der Waals surface area contributed by atoms with Gasteiger partial charge in [-0.1, -0.05) is 20.8 Å². The fourth-order valence-corrected chi connectivity index (χ4v) is 3.15. The van der Waals surface area contributed by atoms with Crippen LogP contribution in [-0.4, -0.2) is 40.5 Å². The van der Waals surface area contributed by atoms with Crippen LogP contribution >= 0.6 is 0 Å². The zero-order valence-electron chi connectivity index (χ0n) is 13.2.